The second-order valence-electron chi connectivity index (χ2n) is 4.98. The maximum absolute atomic E-state index is 5.55. The minimum absolute atomic E-state index is 0.808. The van der Waals surface area contributed by atoms with Gasteiger partial charge in [-0.25, -0.2) is 0 Å². The lowest BCUT2D eigenvalue weighted by Crippen LogP contribution is -1.94. The van der Waals surface area contributed by atoms with E-state index in [1.165, 1.54) is 0 Å². The summed E-state index contributed by atoms with van der Waals surface area (Å²) in [4.78, 5) is 0. The van der Waals surface area contributed by atoms with E-state index in [9.17, 15) is 0 Å². The van der Waals surface area contributed by atoms with Crippen molar-refractivity contribution in [2.24, 2.45) is 0 Å². The van der Waals surface area contributed by atoms with Gasteiger partial charge >= 0.3 is 0 Å². The Labute approximate surface area is 131 Å². The fourth-order valence-corrected chi connectivity index (χ4v) is 2.59. The van der Waals surface area contributed by atoms with Crippen LogP contribution < -0.4 is 9.47 Å². The smallest absolute Gasteiger partial charge is 0.130 e. The highest BCUT2D eigenvalue weighted by atomic mass is 16.5. The third kappa shape index (κ3) is 2.68. The molecule has 110 valence electrons. The summed E-state index contributed by atoms with van der Waals surface area (Å²) in [6.07, 6.45) is 0. The van der Waals surface area contributed by atoms with Crippen LogP contribution in [0.4, 0.5) is 0 Å². The van der Waals surface area contributed by atoms with E-state index in [4.69, 9.17) is 9.47 Å². The summed E-state index contributed by atoms with van der Waals surface area (Å²) in [5.41, 5.74) is 4.36. The van der Waals surface area contributed by atoms with Gasteiger partial charge in [0.2, 0.25) is 0 Å². The Morgan fingerprint density at radius 2 is 0.955 bits per heavy atom. The summed E-state index contributed by atoms with van der Waals surface area (Å²) in [5.74, 6) is 1.62. The van der Waals surface area contributed by atoms with Gasteiger partial charge in [-0.1, -0.05) is 60.7 Å². The first-order valence-corrected chi connectivity index (χ1v) is 7.20. The SMILES string of the molecule is COc1cc(OC)c(-c2ccccc2)cc1-c1ccccc1. The van der Waals surface area contributed by atoms with Crippen LogP contribution in [-0.2, 0) is 0 Å². The van der Waals surface area contributed by atoms with Gasteiger partial charge in [0.15, 0.2) is 0 Å². The Morgan fingerprint density at radius 3 is 1.32 bits per heavy atom. The monoisotopic (exact) mass is 290 g/mol. The Balaban J connectivity index is 2.22. The molecule has 0 bridgehead atoms. The minimum Gasteiger partial charge on any atom is -0.496 e. The van der Waals surface area contributed by atoms with E-state index in [1.807, 2.05) is 42.5 Å². The third-order valence-corrected chi connectivity index (χ3v) is 3.69. The predicted molar refractivity (Wildman–Crippen MR) is 90.4 cm³/mol. The van der Waals surface area contributed by atoms with Crippen LogP contribution in [0.5, 0.6) is 11.5 Å². The highest BCUT2D eigenvalue weighted by molar-refractivity contribution is 5.81. The van der Waals surface area contributed by atoms with Crippen LogP contribution in [-0.4, -0.2) is 14.2 Å². The molecule has 2 nitrogen and oxygen atoms in total. The van der Waals surface area contributed by atoms with Crippen LogP contribution in [0.15, 0.2) is 72.8 Å². The Morgan fingerprint density at radius 1 is 0.545 bits per heavy atom. The van der Waals surface area contributed by atoms with Crippen molar-refractivity contribution in [1.82, 2.24) is 0 Å². The molecule has 0 saturated carbocycles. The molecule has 0 heterocycles. The van der Waals surface area contributed by atoms with Gasteiger partial charge in [0.05, 0.1) is 14.2 Å². The summed E-state index contributed by atoms with van der Waals surface area (Å²) in [5, 5.41) is 0. The molecule has 0 unspecified atom stereocenters. The number of benzene rings is 3. The molecule has 0 aliphatic rings. The lowest BCUT2D eigenvalue weighted by Gasteiger charge is -2.15. The average molecular weight is 290 g/mol. The van der Waals surface area contributed by atoms with Crippen molar-refractivity contribution in [2.45, 2.75) is 0 Å². The van der Waals surface area contributed by atoms with Gasteiger partial charge in [-0.2, -0.15) is 0 Å². The van der Waals surface area contributed by atoms with Crippen LogP contribution >= 0.6 is 0 Å². The molecule has 0 aliphatic carbocycles. The molecule has 0 fully saturated rings. The third-order valence-electron chi connectivity index (χ3n) is 3.69. The van der Waals surface area contributed by atoms with Gasteiger partial charge < -0.3 is 9.47 Å². The van der Waals surface area contributed by atoms with Crippen molar-refractivity contribution in [2.75, 3.05) is 14.2 Å². The van der Waals surface area contributed by atoms with Gasteiger partial charge in [0.1, 0.15) is 11.5 Å². The molecule has 0 N–H and O–H groups in total. The highest BCUT2D eigenvalue weighted by Crippen LogP contribution is 2.40. The van der Waals surface area contributed by atoms with E-state index in [2.05, 4.69) is 30.3 Å². The second-order valence-corrected chi connectivity index (χ2v) is 4.98. The van der Waals surface area contributed by atoms with E-state index in [0.29, 0.717) is 0 Å². The van der Waals surface area contributed by atoms with Gasteiger partial charge in [-0.05, 0) is 17.2 Å². The van der Waals surface area contributed by atoms with Crippen LogP contribution in [0, 0.1) is 0 Å². The molecular weight excluding hydrogens is 272 g/mol. The van der Waals surface area contributed by atoms with Crippen LogP contribution in [0.1, 0.15) is 0 Å². The molecule has 0 amide bonds. The van der Waals surface area contributed by atoms with Gasteiger partial charge in [-0.15, -0.1) is 0 Å². The van der Waals surface area contributed by atoms with Crippen molar-refractivity contribution in [3.05, 3.63) is 72.8 Å². The molecule has 0 spiro atoms. The first-order chi connectivity index (χ1) is 10.8. The van der Waals surface area contributed by atoms with E-state index >= 15 is 0 Å². The maximum Gasteiger partial charge on any atom is 0.130 e. The molecule has 0 radical (unpaired) electrons. The summed E-state index contributed by atoms with van der Waals surface area (Å²) < 4.78 is 11.1. The number of hydrogen-bond donors (Lipinski definition) is 0. The second kappa shape index (κ2) is 6.35. The highest BCUT2D eigenvalue weighted by Gasteiger charge is 2.13. The van der Waals surface area contributed by atoms with E-state index in [0.717, 1.165) is 33.8 Å². The van der Waals surface area contributed by atoms with E-state index in [1.54, 1.807) is 14.2 Å². The van der Waals surface area contributed by atoms with Crippen molar-refractivity contribution in [3.8, 4) is 33.8 Å². The molecule has 0 saturated heterocycles. The summed E-state index contributed by atoms with van der Waals surface area (Å²) >= 11 is 0. The molecular formula is C20H18O2. The molecule has 0 atom stereocenters. The summed E-state index contributed by atoms with van der Waals surface area (Å²) in [7, 11) is 3.37. The lowest BCUT2D eigenvalue weighted by atomic mass is 9.97. The van der Waals surface area contributed by atoms with Gasteiger partial charge in [0, 0.05) is 17.2 Å². The van der Waals surface area contributed by atoms with Crippen LogP contribution in [0.25, 0.3) is 22.3 Å². The minimum atomic E-state index is 0.808. The normalized spacial score (nSPS) is 10.3. The van der Waals surface area contributed by atoms with Crippen molar-refractivity contribution < 1.29 is 9.47 Å². The topological polar surface area (TPSA) is 18.5 Å². The standard InChI is InChI=1S/C20H18O2/c1-21-19-14-20(22-2)18(16-11-7-4-8-12-16)13-17(19)15-9-5-3-6-10-15/h3-14H,1-2H3. The maximum atomic E-state index is 5.55. The number of rotatable bonds is 4. The molecule has 2 heteroatoms. The number of ether oxygens (including phenoxy) is 2. The zero-order valence-corrected chi connectivity index (χ0v) is 12.7. The zero-order chi connectivity index (χ0) is 15.4. The van der Waals surface area contributed by atoms with Crippen molar-refractivity contribution in [1.29, 1.82) is 0 Å². The Hall–Kier alpha value is -2.74. The van der Waals surface area contributed by atoms with Crippen molar-refractivity contribution >= 4 is 0 Å². The zero-order valence-electron chi connectivity index (χ0n) is 12.7. The quantitative estimate of drug-likeness (QED) is 0.670. The van der Waals surface area contributed by atoms with Gasteiger partial charge in [0.25, 0.3) is 0 Å². The largest absolute Gasteiger partial charge is 0.496 e. The molecule has 3 rings (SSSR count). The molecule has 22 heavy (non-hydrogen) atoms. The summed E-state index contributed by atoms with van der Waals surface area (Å²) in [6.45, 7) is 0. The first-order valence-electron chi connectivity index (χ1n) is 7.20. The fraction of sp³-hybridized carbons (Fsp3) is 0.100. The van der Waals surface area contributed by atoms with E-state index < -0.39 is 0 Å². The predicted octanol–water partition coefficient (Wildman–Crippen LogP) is 5.04. The number of methoxy groups -OCH3 is 2. The number of hydrogen-bond acceptors (Lipinski definition) is 2. The first kappa shape index (κ1) is 14.2. The fourth-order valence-electron chi connectivity index (χ4n) is 2.59. The van der Waals surface area contributed by atoms with Crippen LogP contribution in [0.2, 0.25) is 0 Å². The molecule has 3 aromatic rings. The van der Waals surface area contributed by atoms with Crippen molar-refractivity contribution in [3.63, 3.8) is 0 Å². The summed E-state index contributed by atoms with van der Waals surface area (Å²) in [6, 6.07) is 24.5. The Bertz CT molecular complexity index is 687. The molecule has 3 aromatic carbocycles. The lowest BCUT2D eigenvalue weighted by molar-refractivity contribution is 0.396. The van der Waals surface area contributed by atoms with E-state index in [-0.39, 0.29) is 0 Å². The van der Waals surface area contributed by atoms with Gasteiger partial charge in [-0.3, -0.25) is 0 Å². The molecule has 0 aromatic heterocycles. The van der Waals surface area contributed by atoms with Crippen LogP contribution in [0.3, 0.4) is 0 Å². The molecule has 0 aliphatic heterocycles. The Kier molecular flexibility index (Phi) is 4.10. The average Bonchev–Trinajstić information content (AvgIpc) is 2.62.